The predicted molar refractivity (Wildman–Crippen MR) is 74.6 cm³/mol. The Balaban J connectivity index is 2.66. The van der Waals surface area contributed by atoms with E-state index in [-0.39, 0.29) is 5.56 Å². The van der Waals surface area contributed by atoms with Gasteiger partial charge in [-0.25, -0.2) is 0 Å². The minimum absolute atomic E-state index is 0.0720. The smallest absolute Gasteiger partial charge is 0.255 e. The molecule has 100 valence electrons. The van der Waals surface area contributed by atoms with Crippen LogP contribution in [0, 0.1) is 13.8 Å². The lowest BCUT2D eigenvalue weighted by Gasteiger charge is -2.14. The number of pyridine rings is 1. The van der Waals surface area contributed by atoms with Crippen LogP contribution in [0.5, 0.6) is 11.5 Å². The SMILES string of the molecule is COc1cc(-n2cc(C)ccc2=O)cc(C)c1OC. The zero-order valence-corrected chi connectivity index (χ0v) is 11.6. The van der Waals surface area contributed by atoms with Crippen molar-refractivity contribution in [2.24, 2.45) is 0 Å². The Bertz CT molecular complexity index is 659. The molecule has 1 heterocycles. The van der Waals surface area contributed by atoms with Crippen molar-refractivity contribution in [3.8, 4) is 17.2 Å². The van der Waals surface area contributed by atoms with Crippen LogP contribution in [0.15, 0.2) is 35.3 Å². The number of rotatable bonds is 3. The van der Waals surface area contributed by atoms with Crippen molar-refractivity contribution >= 4 is 0 Å². The van der Waals surface area contributed by atoms with Crippen LogP contribution in [0.25, 0.3) is 5.69 Å². The molecule has 0 saturated carbocycles. The Labute approximate surface area is 112 Å². The van der Waals surface area contributed by atoms with Gasteiger partial charge in [-0.2, -0.15) is 0 Å². The van der Waals surface area contributed by atoms with Crippen LogP contribution in [0.2, 0.25) is 0 Å². The van der Waals surface area contributed by atoms with Gasteiger partial charge in [0.15, 0.2) is 11.5 Å². The molecule has 2 rings (SSSR count). The molecule has 0 aliphatic rings. The number of nitrogens with zero attached hydrogens (tertiary/aromatic N) is 1. The highest BCUT2D eigenvalue weighted by Gasteiger charge is 2.11. The average Bonchev–Trinajstić information content (AvgIpc) is 2.40. The number of benzene rings is 1. The van der Waals surface area contributed by atoms with E-state index in [4.69, 9.17) is 9.47 Å². The number of hydrogen-bond acceptors (Lipinski definition) is 3. The molecule has 0 radical (unpaired) electrons. The summed E-state index contributed by atoms with van der Waals surface area (Å²) in [7, 11) is 3.18. The second-order valence-electron chi connectivity index (χ2n) is 4.41. The van der Waals surface area contributed by atoms with Gasteiger partial charge in [0.05, 0.1) is 19.9 Å². The van der Waals surface area contributed by atoms with Crippen molar-refractivity contribution in [3.63, 3.8) is 0 Å². The summed E-state index contributed by atoms with van der Waals surface area (Å²) in [4.78, 5) is 11.9. The van der Waals surface area contributed by atoms with Crippen LogP contribution in [-0.4, -0.2) is 18.8 Å². The lowest BCUT2D eigenvalue weighted by atomic mass is 10.1. The maximum Gasteiger partial charge on any atom is 0.255 e. The van der Waals surface area contributed by atoms with Crippen molar-refractivity contribution in [3.05, 3.63) is 51.9 Å². The van der Waals surface area contributed by atoms with Crippen LogP contribution in [0.3, 0.4) is 0 Å². The highest BCUT2D eigenvalue weighted by molar-refractivity contribution is 5.54. The third-order valence-electron chi connectivity index (χ3n) is 2.99. The molecule has 0 aliphatic carbocycles. The van der Waals surface area contributed by atoms with E-state index in [1.54, 1.807) is 37.0 Å². The lowest BCUT2D eigenvalue weighted by Crippen LogP contribution is -2.16. The van der Waals surface area contributed by atoms with E-state index < -0.39 is 0 Å². The third kappa shape index (κ3) is 2.47. The van der Waals surface area contributed by atoms with Crippen molar-refractivity contribution < 1.29 is 9.47 Å². The van der Waals surface area contributed by atoms with Gasteiger partial charge in [-0.1, -0.05) is 6.07 Å². The molecule has 0 amide bonds. The first-order chi connectivity index (χ1) is 9.06. The first-order valence-corrected chi connectivity index (χ1v) is 5.99. The third-order valence-corrected chi connectivity index (χ3v) is 2.99. The number of aromatic nitrogens is 1. The minimum atomic E-state index is -0.0720. The van der Waals surface area contributed by atoms with E-state index in [1.165, 1.54) is 0 Å². The topological polar surface area (TPSA) is 40.5 Å². The number of ether oxygens (including phenoxy) is 2. The Kier molecular flexibility index (Phi) is 3.60. The minimum Gasteiger partial charge on any atom is -0.493 e. The zero-order valence-electron chi connectivity index (χ0n) is 11.6. The first-order valence-electron chi connectivity index (χ1n) is 5.99. The molecule has 0 spiro atoms. The highest BCUT2D eigenvalue weighted by Crippen LogP contribution is 2.32. The standard InChI is InChI=1S/C15H17NO3/c1-10-5-6-14(17)16(9-10)12-7-11(2)15(19-4)13(8-12)18-3/h5-9H,1-4H3. The highest BCUT2D eigenvalue weighted by atomic mass is 16.5. The second-order valence-corrected chi connectivity index (χ2v) is 4.41. The first kappa shape index (κ1) is 13.2. The monoisotopic (exact) mass is 259 g/mol. The number of hydrogen-bond donors (Lipinski definition) is 0. The Morgan fingerprint density at radius 2 is 1.79 bits per heavy atom. The van der Waals surface area contributed by atoms with Crippen molar-refractivity contribution in [1.29, 1.82) is 0 Å². The number of methoxy groups -OCH3 is 2. The van der Waals surface area contributed by atoms with Crippen LogP contribution in [-0.2, 0) is 0 Å². The second kappa shape index (κ2) is 5.18. The summed E-state index contributed by atoms with van der Waals surface area (Å²) in [5, 5.41) is 0. The van der Waals surface area contributed by atoms with Crippen LogP contribution in [0.1, 0.15) is 11.1 Å². The molecule has 1 aromatic carbocycles. The molecule has 0 N–H and O–H groups in total. The van der Waals surface area contributed by atoms with E-state index in [0.29, 0.717) is 11.5 Å². The Morgan fingerprint density at radius 1 is 1.05 bits per heavy atom. The average molecular weight is 259 g/mol. The maximum absolute atomic E-state index is 11.9. The molecule has 0 bridgehead atoms. The van der Waals surface area contributed by atoms with Gasteiger partial charge in [0.1, 0.15) is 0 Å². The summed E-state index contributed by atoms with van der Waals surface area (Å²) in [5.41, 5.74) is 2.64. The maximum atomic E-state index is 11.9. The molecule has 0 fully saturated rings. The molecular weight excluding hydrogens is 242 g/mol. The predicted octanol–water partition coefficient (Wildman–Crippen LogP) is 2.47. The van der Waals surface area contributed by atoms with Gasteiger partial charge in [-0.3, -0.25) is 9.36 Å². The van der Waals surface area contributed by atoms with Gasteiger partial charge in [-0.05, 0) is 31.0 Å². The summed E-state index contributed by atoms with van der Waals surface area (Å²) in [6.45, 7) is 3.87. The van der Waals surface area contributed by atoms with E-state index in [9.17, 15) is 4.79 Å². The molecule has 4 nitrogen and oxygen atoms in total. The summed E-state index contributed by atoms with van der Waals surface area (Å²) in [5.74, 6) is 1.30. The molecule has 0 atom stereocenters. The summed E-state index contributed by atoms with van der Waals surface area (Å²) in [6, 6.07) is 7.06. The van der Waals surface area contributed by atoms with Crippen molar-refractivity contribution in [2.75, 3.05) is 14.2 Å². The van der Waals surface area contributed by atoms with E-state index in [0.717, 1.165) is 16.8 Å². The molecule has 1 aromatic heterocycles. The van der Waals surface area contributed by atoms with Gasteiger partial charge in [-0.15, -0.1) is 0 Å². The quantitative estimate of drug-likeness (QED) is 0.850. The van der Waals surface area contributed by atoms with E-state index >= 15 is 0 Å². The van der Waals surface area contributed by atoms with Crippen LogP contribution >= 0.6 is 0 Å². The molecule has 0 aliphatic heterocycles. The van der Waals surface area contributed by atoms with Gasteiger partial charge >= 0.3 is 0 Å². The van der Waals surface area contributed by atoms with Crippen molar-refractivity contribution in [2.45, 2.75) is 13.8 Å². The molecule has 2 aromatic rings. The molecule has 0 saturated heterocycles. The molecule has 4 heteroatoms. The Hall–Kier alpha value is -2.23. The summed E-state index contributed by atoms with van der Waals surface area (Å²) >= 11 is 0. The van der Waals surface area contributed by atoms with E-state index in [1.807, 2.05) is 26.1 Å². The fourth-order valence-electron chi connectivity index (χ4n) is 2.07. The summed E-state index contributed by atoms with van der Waals surface area (Å²) < 4.78 is 12.2. The van der Waals surface area contributed by atoms with Crippen molar-refractivity contribution in [1.82, 2.24) is 4.57 Å². The lowest BCUT2D eigenvalue weighted by molar-refractivity contribution is 0.353. The molecular formula is C15H17NO3. The van der Waals surface area contributed by atoms with E-state index in [2.05, 4.69) is 0 Å². The summed E-state index contributed by atoms with van der Waals surface area (Å²) in [6.07, 6.45) is 1.81. The number of aryl methyl sites for hydroxylation is 2. The van der Waals surface area contributed by atoms with Crippen LogP contribution in [0.4, 0.5) is 0 Å². The van der Waals surface area contributed by atoms with Gasteiger partial charge in [0, 0.05) is 18.3 Å². The largest absolute Gasteiger partial charge is 0.493 e. The van der Waals surface area contributed by atoms with Gasteiger partial charge in [0.2, 0.25) is 0 Å². The zero-order chi connectivity index (χ0) is 14.0. The molecule has 0 unspecified atom stereocenters. The molecule has 19 heavy (non-hydrogen) atoms. The Morgan fingerprint density at radius 3 is 2.42 bits per heavy atom. The fraction of sp³-hybridized carbons (Fsp3) is 0.267. The van der Waals surface area contributed by atoms with Gasteiger partial charge in [0.25, 0.3) is 5.56 Å². The van der Waals surface area contributed by atoms with Crippen LogP contribution < -0.4 is 15.0 Å². The van der Waals surface area contributed by atoms with Gasteiger partial charge < -0.3 is 9.47 Å². The fourth-order valence-corrected chi connectivity index (χ4v) is 2.07. The normalized spacial score (nSPS) is 10.3.